The summed E-state index contributed by atoms with van der Waals surface area (Å²) in [6.07, 6.45) is 1.45. The fraction of sp³-hybridized carbons (Fsp3) is 0.556. The van der Waals surface area contributed by atoms with Gasteiger partial charge in [0.1, 0.15) is 5.56 Å². The molecule has 1 heterocycles. The second-order valence-corrected chi connectivity index (χ2v) is 3.37. The molecule has 1 aromatic rings. The van der Waals surface area contributed by atoms with Crippen molar-refractivity contribution in [2.75, 3.05) is 6.61 Å². The zero-order chi connectivity index (χ0) is 10.7. The van der Waals surface area contributed by atoms with Crippen molar-refractivity contribution in [2.24, 2.45) is 0 Å². The quantitative estimate of drug-likeness (QED) is 0.746. The Morgan fingerprint density at radius 1 is 1.64 bits per heavy atom. The molecule has 78 valence electrons. The van der Waals surface area contributed by atoms with Gasteiger partial charge < -0.3 is 10.2 Å². The summed E-state index contributed by atoms with van der Waals surface area (Å²) in [5.41, 5.74) is 0.777. The molecule has 0 radical (unpaired) electrons. The van der Waals surface area contributed by atoms with Gasteiger partial charge in [0.2, 0.25) is 0 Å². The van der Waals surface area contributed by atoms with Gasteiger partial charge in [0.15, 0.2) is 0 Å². The predicted molar refractivity (Wildman–Crippen MR) is 50.4 cm³/mol. The number of rotatable bonds is 4. The number of nitrogens with zero attached hydrogens (tertiary/aromatic N) is 2. The average molecular weight is 198 g/mol. The van der Waals surface area contributed by atoms with Crippen molar-refractivity contribution in [3.8, 4) is 0 Å². The van der Waals surface area contributed by atoms with Gasteiger partial charge in [-0.15, -0.1) is 0 Å². The molecule has 14 heavy (non-hydrogen) atoms. The van der Waals surface area contributed by atoms with E-state index < -0.39 is 5.97 Å². The number of aromatic nitrogens is 2. The first-order chi connectivity index (χ1) is 6.56. The van der Waals surface area contributed by atoms with Crippen LogP contribution in [-0.4, -0.2) is 32.6 Å². The van der Waals surface area contributed by atoms with Gasteiger partial charge in [0, 0.05) is 6.20 Å². The second kappa shape index (κ2) is 4.23. The molecule has 0 atom stereocenters. The number of carbonyl (C=O) groups is 1. The smallest absolute Gasteiger partial charge is 0.339 e. The zero-order valence-corrected chi connectivity index (χ0v) is 8.27. The molecule has 0 amide bonds. The number of hydrogen-bond acceptors (Lipinski definition) is 3. The molecule has 0 spiro atoms. The van der Waals surface area contributed by atoms with E-state index >= 15 is 0 Å². The maximum atomic E-state index is 10.8. The van der Waals surface area contributed by atoms with Crippen LogP contribution in [0.4, 0.5) is 0 Å². The van der Waals surface area contributed by atoms with Crippen molar-refractivity contribution < 1.29 is 15.0 Å². The summed E-state index contributed by atoms with van der Waals surface area (Å²) in [5, 5.41) is 21.7. The van der Waals surface area contributed by atoms with E-state index in [0.717, 1.165) is 0 Å². The molecule has 0 aliphatic rings. The van der Waals surface area contributed by atoms with E-state index in [2.05, 4.69) is 5.10 Å². The van der Waals surface area contributed by atoms with Crippen LogP contribution in [0.15, 0.2) is 6.20 Å². The topological polar surface area (TPSA) is 75.3 Å². The Morgan fingerprint density at radius 3 is 2.64 bits per heavy atom. The van der Waals surface area contributed by atoms with Crippen LogP contribution in [0, 0.1) is 0 Å². The Bertz CT molecular complexity index is 331. The van der Waals surface area contributed by atoms with Crippen LogP contribution in [0.2, 0.25) is 0 Å². The van der Waals surface area contributed by atoms with Gasteiger partial charge in [-0.25, -0.2) is 4.79 Å². The molecule has 5 nitrogen and oxygen atoms in total. The van der Waals surface area contributed by atoms with E-state index in [1.165, 1.54) is 10.9 Å². The van der Waals surface area contributed by atoms with E-state index in [1.807, 2.05) is 13.8 Å². The molecule has 5 heteroatoms. The standard InChI is InChI=1S/C9H14N2O3/c1-6(2)8-7(9(13)14)5-11(10-8)3-4-12/h5-6,12H,3-4H2,1-2H3,(H,13,14). The number of hydrogen-bond donors (Lipinski definition) is 2. The minimum Gasteiger partial charge on any atom is -0.478 e. The molecule has 2 N–H and O–H groups in total. The molecule has 1 rings (SSSR count). The average Bonchev–Trinajstić information content (AvgIpc) is 2.49. The Labute approximate surface area is 82.0 Å². The highest BCUT2D eigenvalue weighted by Crippen LogP contribution is 2.17. The summed E-state index contributed by atoms with van der Waals surface area (Å²) < 4.78 is 1.46. The third-order valence-corrected chi connectivity index (χ3v) is 1.90. The summed E-state index contributed by atoms with van der Waals surface area (Å²) in [6, 6.07) is 0. The van der Waals surface area contributed by atoms with Crippen molar-refractivity contribution in [1.29, 1.82) is 0 Å². The molecule has 0 unspecified atom stereocenters. The van der Waals surface area contributed by atoms with Gasteiger partial charge >= 0.3 is 5.97 Å². The van der Waals surface area contributed by atoms with E-state index in [-0.39, 0.29) is 18.1 Å². The summed E-state index contributed by atoms with van der Waals surface area (Å²) in [7, 11) is 0. The lowest BCUT2D eigenvalue weighted by Crippen LogP contribution is -2.03. The summed E-state index contributed by atoms with van der Waals surface area (Å²) in [6.45, 7) is 4.06. The minimum absolute atomic E-state index is 0.0434. The lowest BCUT2D eigenvalue weighted by atomic mass is 10.1. The second-order valence-electron chi connectivity index (χ2n) is 3.37. The lowest BCUT2D eigenvalue weighted by molar-refractivity contribution is 0.0695. The molecule has 0 aromatic carbocycles. The summed E-state index contributed by atoms with van der Waals surface area (Å²) in [5.74, 6) is -0.904. The van der Waals surface area contributed by atoms with Crippen molar-refractivity contribution in [3.05, 3.63) is 17.5 Å². The lowest BCUT2D eigenvalue weighted by Gasteiger charge is -2.00. The van der Waals surface area contributed by atoms with Gasteiger partial charge in [0.25, 0.3) is 0 Å². The molecular weight excluding hydrogens is 184 g/mol. The maximum absolute atomic E-state index is 10.8. The van der Waals surface area contributed by atoms with Crippen LogP contribution in [0.25, 0.3) is 0 Å². The third kappa shape index (κ3) is 2.11. The highest BCUT2D eigenvalue weighted by Gasteiger charge is 2.17. The normalized spacial score (nSPS) is 10.9. The van der Waals surface area contributed by atoms with Crippen LogP contribution < -0.4 is 0 Å². The SMILES string of the molecule is CC(C)c1nn(CCO)cc1C(=O)O. The van der Waals surface area contributed by atoms with Crippen molar-refractivity contribution in [1.82, 2.24) is 9.78 Å². The van der Waals surface area contributed by atoms with Gasteiger partial charge in [-0.05, 0) is 5.92 Å². The van der Waals surface area contributed by atoms with Crippen LogP contribution in [0.1, 0.15) is 35.8 Å². The monoisotopic (exact) mass is 198 g/mol. The Morgan fingerprint density at radius 2 is 2.29 bits per heavy atom. The first-order valence-corrected chi connectivity index (χ1v) is 4.47. The highest BCUT2D eigenvalue weighted by molar-refractivity contribution is 5.88. The van der Waals surface area contributed by atoms with E-state index in [1.54, 1.807) is 0 Å². The zero-order valence-electron chi connectivity index (χ0n) is 8.27. The molecule has 0 saturated heterocycles. The third-order valence-electron chi connectivity index (χ3n) is 1.90. The minimum atomic E-state index is -0.974. The first kappa shape index (κ1) is 10.7. The number of aliphatic hydroxyl groups is 1. The summed E-state index contributed by atoms with van der Waals surface area (Å²) >= 11 is 0. The summed E-state index contributed by atoms with van der Waals surface area (Å²) in [4.78, 5) is 10.8. The van der Waals surface area contributed by atoms with Gasteiger partial charge in [-0.2, -0.15) is 5.10 Å². The fourth-order valence-corrected chi connectivity index (χ4v) is 1.24. The number of carboxylic acids is 1. The van der Waals surface area contributed by atoms with E-state index in [0.29, 0.717) is 12.2 Å². The van der Waals surface area contributed by atoms with Gasteiger partial charge in [0.05, 0.1) is 18.8 Å². The Kier molecular flexibility index (Phi) is 3.24. The fourth-order valence-electron chi connectivity index (χ4n) is 1.24. The predicted octanol–water partition coefficient (Wildman–Crippen LogP) is 0.697. The van der Waals surface area contributed by atoms with Crippen LogP contribution >= 0.6 is 0 Å². The molecule has 0 aliphatic carbocycles. The Hall–Kier alpha value is -1.36. The highest BCUT2D eigenvalue weighted by atomic mass is 16.4. The van der Waals surface area contributed by atoms with E-state index in [9.17, 15) is 4.79 Å². The maximum Gasteiger partial charge on any atom is 0.339 e. The number of aliphatic hydroxyl groups excluding tert-OH is 1. The van der Waals surface area contributed by atoms with Gasteiger partial charge in [-0.3, -0.25) is 4.68 Å². The van der Waals surface area contributed by atoms with Crippen LogP contribution in [0.3, 0.4) is 0 Å². The largest absolute Gasteiger partial charge is 0.478 e. The molecule has 0 aliphatic heterocycles. The van der Waals surface area contributed by atoms with Crippen molar-refractivity contribution in [2.45, 2.75) is 26.3 Å². The van der Waals surface area contributed by atoms with Gasteiger partial charge in [-0.1, -0.05) is 13.8 Å². The molecule has 0 fully saturated rings. The van der Waals surface area contributed by atoms with Crippen LogP contribution in [-0.2, 0) is 6.54 Å². The number of aromatic carboxylic acids is 1. The van der Waals surface area contributed by atoms with Crippen molar-refractivity contribution >= 4 is 5.97 Å². The van der Waals surface area contributed by atoms with E-state index in [4.69, 9.17) is 10.2 Å². The first-order valence-electron chi connectivity index (χ1n) is 4.47. The molecule has 0 saturated carbocycles. The molecular formula is C9H14N2O3. The van der Waals surface area contributed by atoms with Crippen molar-refractivity contribution in [3.63, 3.8) is 0 Å². The molecule has 1 aromatic heterocycles. The number of carboxylic acid groups (broad SMARTS) is 1. The molecule has 0 bridgehead atoms. The Balaban J connectivity index is 3.06. The van der Waals surface area contributed by atoms with Crippen LogP contribution in [0.5, 0.6) is 0 Å².